The second-order valence-corrected chi connectivity index (χ2v) is 5.47. The lowest BCUT2D eigenvalue weighted by Gasteiger charge is -2.24. The van der Waals surface area contributed by atoms with Crippen molar-refractivity contribution in [3.05, 3.63) is 60.2 Å². The molecule has 3 N–H and O–H groups in total. The van der Waals surface area contributed by atoms with Crippen molar-refractivity contribution in [1.82, 2.24) is 10.2 Å². The van der Waals surface area contributed by atoms with E-state index >= 15 is 0 Å². The summed E-state index contributed by atoms with van der Waals surface area (Å²) in [6.45, 7) is 2.32. The van der Waals surface area contributed by atoms with Crippen molar-refractivity contribution in [2.24, 2.45) is 5.73 Å². The molecule has 2 aromatic rings. The average Bonchev–Trinajstić information content (AvgIpc) is 2.54. The van der Waals surface area contributed by atoms with E-state index in [0.717, 1.165) is 16.7 Å². The molecule has 0 aromatic heterocycles. The summed E-state index contributed by atoms with van der Waals surface area (Å²) in [5.41, 5.74) is 8.36. The maximum atomic E-state index is 11.9. The Labute approximate surface area is 136 Å². The van der Waals surface area contributed by atoms with Gasteiger partial charge < -0.3 is 5.73 Å². The van der Waals surface area contributed by atoms with Gasteiger partial charge in [-0.05, 0) is 30.7 Å². The number of primary amides is 1. The summed E-state index contributed by atoms with van der Waals surface area (Å²) in [6.07, 6.45) is 0. The van der Waals surface area contributed by atoms with Gasteiger partial charge in [0.05, 0.1) is 6.04 Å². The van der Waals surface area contributed by atoms with Crippen LogP contribution in [0.2, 0.25) is 0 Å². The number of nitrogens with two attached hydrogens (primary N) is 1. The Balaban J connectivity index is 2.17. The fraction of sp³-hybridized carbons (Fsp3) is 0.222. The molecule has 3 amide bonds. The van der Waals surface area contributed by atoms with E-state index in [1.165, 1.54) is 0 Å². The first-order valence-electron chi connectivity index (χ1n) is 7.43. The lowest BCUT2D eigenvalue weighted by Crippen LogP contribution is -2.46. The normalized spacial score (nSPS) is 12.0. The highest BCUT2D eigenvalue weighted by Crippen LogP contribution is 2.24. The molecule has 120 valence electrons. The molecule has 0 spiro atoms. The van der Waals surface area contributed by atoms with E-state index in [4.69, 9.17) is 5.73 Å². The Morgan fingerprint density at radius 2 is 1.70 bits per heavy atom. The van der Waals surface area contributed by atoms with E-state index in [0.29, 0.717) is 6.54 Å². The molecule has 0 heterocycles. The van der Waals surface area contributed by atoms with E-state index in [1.807, 2.05) is 48.3 Å². The van der Waals surface area contributed by atoms with Gasteiger partial charge in [-0.2, -0.15) is 0 Å². The highest BCUT2D eigenvalue weighted by Gasteiger charge is 2.20. The highest BCUT2D eigenvalue weighted by atomic mass is 16.2. The van der Waals surface area contributed by atoms with Gasteiger partial charge in [0.2, 0.25) is 5.91 Å². The number of nitrogens with zero attached hydrogens (tertiary/aromatic N) is 1. The largest absolute Gasteiger partial charge is 0.351 e. The third kappa shape index (κ3) is 4.40. The van der Waals surface area contributed by atoms with Gasteiger partial charge in [-0.1, -0.05) is 54.6 Å². The van der Waals surface area contributed by atoms with Crippen LogP contribution in [0.4, 0.5) is 4.79 Å². The first-order valence-corrected chi connectivity index (χ1v) is 7.43. The first-order chi connectivity index (χ1) is 11.0. The Morgan fingerprint density at radius 1 is 1.09 bits per heavy atom. The van der Waals surface area contributed by atoms with Crippen LogP contribution >= 0.6 is 0 Å². The second kappa shape index (κ2) is 7.56. The van der Waals surface area contributed by atoms with Crippen LogP contribution in [-0.2, 0) is 11.3 Å². The minimum absolute atomic E-state index is 0.405. The van der Waals surface area contributed by atoms with E-state index in [9.17, 15) is 9.59 Å². The molecule has 0 aliphatic carbocycles. The van der Waals surface area contributed by atoms with Gasteiger partial charge in [-0.15, -0.1) is 0 Å². The third-order valence-corrected chi connectivity index (χ3v) is 3.81. The Kier molecular flexibility index (Phi) is 5.49. The number of nitrogens with one attached hydrogen (secondary N) is 1. The summed E-state index contributed by atoms with van der Waals surface area (Å²) in [5.74, 6) is -0.405. The van der Waals surface area contributed by atoms with Crippen LogP contribution in [0.5, 0.6) is 0 Å². The topological polar surface area (TPSA) is 75.4 Å². The second-order valence-electron chi connectivity index (χ2n) is 5.47. The lowest BCUT2D eigenvalue weighted by molar-refractivity contribution is -0.124. The zero-order chi connectivity index (χ0) is 16.8. The van der Waals surface area contributed by atoms with Gasteiger partial charge in [0.15, 0.2) is 0 Å². The fourth-order valence-corrected chi connectivity index (χ4v) is 2.39. The van der Waals surface area contributed by atoms with Crippen molar-refractivity contribution in [2.75, 3.05) is 7.05 Å². The van der Waals surface area contributed by atoms with Gasteiger partial charge in [-0.25, -0.2) is 4.79 Å². The third-order valence-electron chi connectivity index (χ3n) is 3.81. The number of carbonyl (C=O) groups excluding carboxylic acids is 2. The zero-order valence-electron chi connectivity index (χ0n) is 13.3. The molecule has 0 aliphatic heterocycles. The number of likely N-dealkylation sites (N-methyl/N-ethyl adjacent to an activating group) is 1. The molecule has 0 saturated heterocycles. The molecule has 23 heavy (non-hydrogen) atoms. The smallest absolute Gasteiger partial charge is 0.318 e. The molecule has 2 aromatic carbocycles. The molecule has 5 nitrogen and oxygen atoms in total. The maximum absolute atomic E-state index is 11.9. The number of imide groups is 1. The summed E-state index contributed by atoms with van der Waals surface area (Å²) in [7, 11) is 1.84. The van der Waals surface area contributed by atoms with Crippen LogP contribution in [0.25, 0.3) is 11.1 Å². The lowest BCUT2D eigenvalue weighted by atomic mass is 9.99. The highest BCUT2D eigenvalue weighted by molar-refractivity contribution is 5.96. The van der Waals surface area contributed by atoms with Crippen molar-refractivity contribution >= 4 is 11.9 Å². The number of urea groups is 1. The van der Waals surface area contributed by atoms with E-state index in [-0.39, 0.29) is 0 Å². The molecular weight excluding hydrogens is 290 g/mol. The predicted molar refractivity (Wildman–Crippen MR) is 90.5 cm³/mol. The predicted octanol–water partition coefficient (Wildman–Crippen LogP) is 2.37. The molecule has 0 unspecified atom stereocenters. The standard InChI is InChI=1S/C18H21N3O2/c1-13(17(22)20-18(19)23)21(2)12-15-10-6-7-11-16(15)14-8-4-3-5-9-14/h3-11,13H,12H2,1-2H3,(H3,19,20,22,23)/t13-/m1/s1. The monoisotopic (exact) mass is 311 g/mol. The summed E-state index contributed by atoms with van der Waals surface area (Å²) in [4.78, 5) is 24.6. The molecule has 2 rings (SSSR count). The minimum atomic E-state index is -0.833. The van der Waals surface area contributed by atoms with Crippen molar-refractivity contribution < 1.29 is 9.59 Å². The van der Waals surface area contributed by atoms with Crippen molar-refractivity contribution in [3.63, 3.8) is 0 Å². The molecule has 5 heteroatoms. The quantitative estimate of drug-likeness (QED) is 0.890. The number of amides is 3. The number of hydrogen-bond donors (Lipinski definition) is 2. The Morgan fingerprint density at radius 3 is 2.35 bits per heavy atom. The van der Waals surface area contributed by atoms with Crippen molar-refractivity contribution in [1.29, 1.82) is 0 Å². The number of benzene rings is 2. The fourth-order valence-electron chi connectivity index (χ4n) is 2.39. The van der Waals surface area contributed by atoms with Crippen LogP contribution < -0.4 is 11.1 Å². The van der Waals surface area contributed by atoms with E-state index in [1.54, 1.807) is 6.92 Å². The molecular formula is C18H21N3O2. The van der Waals surface area contributed by atoms with Crippen molar-refractivity contribution in [3.8, 4) is 11.1 Å². The van der Waals surface area contributed by atoms with Crippen LogP contribution in [0, 0.1) is 0 Å². The van der Waals surface area contributed by atoms with Crippen LogP contribution in [0.15, 0.2) is 54.6 Å². The SMILES string of the molecule is C[C@H](C(=O)NC(N)=O)N(C)Cc1ccccc1-c1ccccc1. The summed E-state index contributed by atoms with van der Waals surface area (Å²) >= 11 is 0. The van der Waals surface area contributed by atoms with E-state index < -0.39 is 18.0 Å². The molecule has 0 bridgehead atoms. The minimum Gasteiger partial charge on any atom is -0.351 e. The average molecular weight is 311 g/mol. The number of carbonyl (C=O) groups is 2. The number of hydrogen-bond acceptors (Lipinski definition) is 3. The van der Waals surface area contributed by atoms with Gasteiger partial charge in [-0.3, -0.25) is 15.0 Å². The molecule has 1 atom stereocenters. The van der Waals surface area contributed by atoms with Crippen LogP contribution in [0.1, 0.15) is 12.5 Å². The van der Waals surface area contributed by atoms with Gasteiger partial charge in [0.25, 0.3) is 0 Å². The molecule has 0 saturated carbocycles. The van der Waals surface area contributed by atoms with E-state index in [2.05, 4.69) is 23.5 Å². The van der Waals surface area contributed by atoms with Gasteiger partial charge in [0.1, 0.15) is 0 Å². The Hall–Kier alpha value is -2.66. The summed E-state index contributed by atoms with van der Waals surface area (Å²) in [6, 6.07) is 16.9. The van der Waals surface area contributed by atoms with Crippen LogP contribution in [0.3, 0.4) is 0 Å². The number of rotatable bonds is 5. The van der Waals surface area contributed by atoms with Crippen molar-refractivity contribution in [2.45, 2.75) is 19.5 Å². The first kappa shape index (κ1) is 16.7. The van der Waals surface area contributed by atoms with Crippen LogP contribution in [-0.4, -0.2) is 29.9 Å². The maximum Gasteiger partial charge on any atom is 0.318 e. The molecule has 0 aliphatic rings. The zero-order valence-corrected chi connectivity index (χ0v) is 13.3. The van der Waals surface area contributed by atoms with Gasteiger partial charge >= 0.3 is 6.03 Å². The molecule has 0 radical (unpaired) electrons. The summed E-state index contributed by atoms with van der Waals surface area (Å²) in [5, 5.41) is 2.11. The summed E-state index contributed by atoms with van der Waals surface area (Å²) < 4.78 is 0. The van der Waals surface area contributed by atoms with Gasteiger partial charge in [0, 0.05) is 6.54 Å². The molecule has 0 fully saturated rings. The Bertz CT molecular complexity index is 686.